The van der Waals surface area contributed by atoms with Crippen LogP contribution >= 0.6 is 0 Å². The number of nitrogens with one attached hydrogen (secondary N) is 1. The Morgan fingerprint density at radius 1 is 1.11 bits per heavy atom. The van der Waals surface area contributed by atoms with Crippen molar-refractivity contribution in [3.8, 4) is 6.07 Å². The average Bonchev–Trinajstić information content (AvgIpc) is 3.48. The molecule has 0 atom stereocenters. The number of nitrogens with zero attached hydrogens (tertiary/aromatic N) is 2. The predicted octanol–water partition coefficient (Wildman–Crippen LogP) is 3.06. The molecule has 0 aliphatic heterocycles. The van der Waals surface area contributed by atoms with Crippen molar-refractivity contribution in [1.82, 2.24) is 4.31 Å². The molecule has 0 saturated heterocycles. The van der Waals surface area contributed by atoms with E-state index >= 15 is 0 Å². The van der Waals surface area contributed by atoms with Crippen LogP contribution in [0.3, 0.4) is 0 Å². The van der Waals surface area contributed by atoms with Crippen molar-refractivity contribution in [1.29, 1.82) is 5.26 Å². The molecule has 1 aliphatic carbocycles. The Morgan fingerprint density at radius 3 is 2.21 bits per heavy atom. The molecule has 1 fully saturated rings. The number of anilines is 1. The van der Waals surface area contributed by atoms with Gasteiger partial charge in [0.15, 0.2) is 0 Å². The summed E-state index contributed by atoms with van der Waals surface area (Å²) in [5.74, 6) is -0.112. The Labute approximate surface area is 165 Å². The maximum Gasteiger partial charge on any atom is 0.242 e. The summed E-state index contributed by atoms with van der Waals surface area (Å²) < 4.78 is 25.3. The second-order valence-corrected chi connectivity index (χ2v) is 9.40. The Hall–Kier alpha value is -2.69. The van der Waals surface area contributed by atoms with Crippen LogP contribution in [-0.2, 0) is 26.7 Å². The topological polar surface area (TPSA) is 90.3 Å². The van der Waals surface area contributed by atoms with Gasteiger partial charge in [-0.15, -0.1) is 0 Å². The molecule has 2 aromatic rings. The second-order valence-electron chi connectivity index (χ2n) is 7.25. The molecular weight excluding hydrogens is 374 g/mol. The van der Waals surface area contributed by atoms with E-state index in [0.717, 1.165) is 24.0 Å². The third-order valence-corrected chi connectivity index (χ3v) is 6.86. The summed E-state index contributed by atoms with van der Waals surface area (Å²) in [6.07, 6.45) is 2.60. The molecule has 28 heavy (non-hydrogen) atoms. The van der Waals surface area contributed by atoms with E-state index in [9.17, 15) is 18.5 Å². The van der Waals surface area contributed by atoms with E-state index < -0.39 is 10.0 Å². The third kappa shape index (κ3) is 4.24. The van der Waals surface area contributed by atoms with Crippen LogP contribution in [0.5, 0.6) is 0 Å². The van der Waals surface area contributed by atoms with Crippen LogP contribution < -0.4 is 5.32 Å². The summed E-state index contributed by atoms with van der Waals surface area (Å²) in [4.78, 5) is 12.4. The molecule has 0 bridgehead atoms. The number of hydrogen-bond acceptors (Lipinski definition) is 4. The summed E-state index contributed by atoms with van der Waals surface area (Å²) in [6, 6.07) is 16.4. The third-order valence-electron chi connectivity index (χ3n) is 5.03. The fourth-order valence-electron chi connectivity index (χ4n) is 2.98. The van der Waals surface area contributed by atoms with Gasteiger partial charge in [-0.05, 0) is 54.7 Å². The van der Waals surface area contributed by atoms with Gasteiger partial charge in [0.05, 0.1) is 16.4 Å². The van der Waals surface area contributed by atoms with Gasteiger partial charge in [0.2, 0.25) is 15.9 Å². The van der Waals surface area contributed by atoms with Gasteiger partial charge >= 0.3 is 0 Å². The Morgan fingerprint density at radius 2 is 1.71 bits per heavy atom. The maximum absolute atomic E-state index is 12.2. The molecule has 3 rings (SSSR count). The lowest BCUT2D eigenvalue weighted by molar-refractivity contribution is -0.116. The lowest BCUT2D eigenvalue weighted by atomic mass is 9.98. The molecule has 1 N–H and O–H groups in total. The molecule has 1 aliphatic rings. The molecule has 1 amide bonds. The van der Waals surface area contributed by atoms with Gasteiger partial charge < -0.3 is 5.32 Å². The molecule has 146 valence electrons. The fourth-order valence-corrected chi connectivity index (χ4v) is 3.88. The molecule has 0 unspecified atom stereocenters. The van der Waals surface area contributed by atoms with Crippen molar-refractivity contribution < 1.29 is 13.2 Å². The SMILES string of the molecule is CN(C)S(=O)(=O)c1ccc(CCC(=O)Nc2ccc(C3(C#N)CC3)cc2)cc1. The minimum Gasteiger partial charge on any atom is -0.326 e. The number of aryl methyl sites for hydroxylation is 1. The van der Waals surface area contributed by atoms with Crippen LogP contribution in [-0.4, -0.2) is 32.7 Å². The molecular formula is C21H23N3O3S. The molecule has 0 aromatic heterocycles. The van der Waals surface area contributed by atoms with Crippen LogP contribution in [0, 0.1) is 11.3 Å². The Balaban J connectivity index is 1.54. The predicted molar refractivity (Wildman–Crippen MR) is 107 cm³/mol. The number of rotatable bonds is 7. The lowest BCUT2D eigenvalue weighted by Gasteiger charge is -2.12. The monoisotopic (exact) mass is 397 g/mol. The van der Waals surface area contributed by atoms with Crippen LogP contribution in [0.4, 0.5) is 5.69 Å². The molecule has 7 heteroatoms. The summed E-state index contributed by atoms with van der Waals surface area (Å²) >= 11 is 0. The van der Waals surface area contributed by atoms with E-state index in [2.05, 4.69) is 11.4 Å². The van der Waals surface area contributed by atoms with Gasteiger partial charge in [-0.2, -0.15) is 5.26 Å². The van der Waals surface area contributed by atoms with Crippen molar-refractivity contribution in [2.75, 3.05) is 19.4 Å². The van der Waals surface area contributed by atoms with Gasteiger partial charge in [-0.25, -0.2) is 12.7 Å². The average molecular weight is 398 g/mol. The van der Waals surface area contributed by atoms with Crippen molar-refractivity contribution in [2.24, 2.45) is 0 Å². The zero-order valence-electron chi connectivity index (χ0n) is 16.0. The highest BCUT2D eigenvalue weighted by Crippen LogP contribution is 2.47. The number of carbonyl (C=O) groups excluding carboxylic acids is 1. The summed E-state index contributed by atoms with van der Waals surface area (Å²) in [5, 5.41) is 12.1. The first-order chi connectivity index (χ1) is 13.3. The summed E-state index contributed by atoms with van der Waals surface area (Å²) in [6.45, 7) is 0. The fraction of sp³-hybridized carbons (Fsp3) is 0.333. The standard InChI is InChI=1S/C21H23N3O3S/c1-24(2)28(26,27)19-10-3-16(4-11-19)5-12-20(25)23-18-8-6-17(7-9-18)21(15-22)13-14-21/h3-4,6-11H,5,12-14H2,1-2H3,(H,23,25). The van der Waals surface area contributed by atoms with Gasteiger partial charge in [-0.3, -0.25) is 4.79 Å². The van der Waals surface area contributed by atoms with Gasteiger partial charge in [0, 0.05) is 26.2 Å². The molecule has 0 heterocycles. The minimum absolute atomic E-state index is 0.112. The van der Waals surface area contributed by atoms with Crippen molar-refractivity contribution >= 4 is 21.6 Å². The largest absolute Gasteiger partial charge is 0.326 e. The quantitative estimate of drug-likeness (QED) is 0.777. The van der Waals surface area contributed by atoms with E-state index in [1.165, 1.54) is 18.4 Å². The zero-order valence-corrected chi connectivity index (χ0v) is 16.8. The molecule has 6 nitrogen and oxygen atoms in total. The number of sulfonamides is 1. The number of amides is 1. The highest BCUT2D eigenvalue weighted by atomic mass is 32.2. The first kappa shape index (κ1) is 20.1. The first-order valence-corrected chi connectivity index (χ1v) is 10.5. The minimum atomic E-state index is -3.44. The van der Waals surface area contributed by atoms with Crippen molar-refractivity contribution in [3.63, 3.8) is 0 Å². The highest BCUT2D eigenvalue weighted by Gasteiger charge is 2.44. The Kier molecular flexibility index (Phi) is 5.54. The number of nitriles is 1. The molecule has 0 spiro atoms. The molecule has 1 saturated carbocycles. The van der Waals surface area contributed by atoms with Crippen LogP contribution in [0.25, 0.3) is 0 Å². The second kappa shape index (κ2) is 7.74. The number of hydrogen-bond donors (Lipinski definition) is 1. The summed E-state index contributed by atoms with van der Waals surface area (Å²) in [7, 11) is -0.461. The normalized spacial score (nSPS) is 15.1. The first-order valence-electron chi connectivity index (χ1n) is 9.10. The van der Waals surface area contributed by atoms with Crippen LogP contribution in [0.15, 0.2) is 53.4 Å². The van der Waals surface area contributed by atoms with E-state index in [1.807, 2.05) is 24.3 Å². The zero-order chi connectivity index (χ0) is 20.4. The van der Waals surface area contributed by atoms with Gasteiger partial charge in [0.25, 0.3) is 0 Å². The van der Waals surface area contributed by atoms with E-state index in [0.29, 0.717) is 18.5 Å². The molecule has 2 aromatic carbocycles. The Bertz CT molecular complexity index is 1000. The maximum atomic E-state index is 12.2. The van der Waals surface area contributed by atoms with Gasteiger partial charge in [0.1, 0.15) is 0 Å². The van der Waals surface area contributed by atoms with Crippen LogP contribution in [0.1, 0.15) is 30.4 Å². The number of benzene rings is 2. The van der Waals surface area contributed by atoms with Crippen molar-refractivity contribution in [3.05, 3.63) is 59.7 Å². The van der Waals surface area contributed by atoms with E-state index in [4.69, 9.17) is 0 Å². The number of carbonyl (C=O) groups is 1. The van der Waals surface area contributed by atoms with E-state index in [1.54, 1.807) is 24.3 Å². The summed E-state index contributed by atoms with van der Waals surface area (Å²) in [5.41, 5.74) is 2.28. The smallest absolute Gasteiger partial charge is 0.242 e. The van der Waals surface area contributed by atoms with E-state index in [-0.39, 0.29) is 16.2 Å². The van der Waals surface area contributed by atoms with Gasteiger partial charge in [-0.1, -0.05) is 24.3 Å². The van der Waals surface area contributed by atoms with Crippen LogP contribution in [0.2, 0.25) is 0 Å². The van der Waals surface area contributed by atoms with Crippen molar-refractivity contribution in [2.45, 2.75) is 36.0 Å². The highest BCUT2D eigenvalue weighted by molar-refractivity contribution is 7.89. The molecule has 0 radical (unpaired) electrons. The lowest BCUT2D eigenvalue weighted by Crippen LogP contribution is -2.22.